The van der Waals surface area contributed by atoms with E-state index in [4.69, 9.17) is 0 Å². The molecule has 2 heterocycles. The van der Waals surface area contributed by atoms with Crippen molar-refractivity contribution in [1.82, 2.24) is 9.97 Å². The lowest BCUT2D eigenvalue weighted by molar-refractivity contribution is 0.594. The van der Waals surface area contributed by atoms with Gasteiger partial charge in [0.2, 0.25) is 0 Å². The number of nitrogens with zero attached hydrogens (tertiary/aromatic N) is 2. The van der Waals surface area contributed by atoms with E-state index in [1.165, 1.54) is 17.5 Å². The predicted octanol–water partition coefficient (Wildman–Crippen LogP) is 3.46. The third-order valence-corrected chi connectivity index (χ3v) is 5.96. The largest absolute Gasteiger partial charge is 0.244 e. The Morgan fingerprint density at radius 2 is 2.05 bits per heavy atom. The number of fused-ring (bicyclic) bond motifs is 1. The van der Waals surface area contributed by atoms with E-state index in [0.29, 0.717) is 10.6 Å². The first-order valence-electron chi connectivity index (χ1n) is 6.56. The number of rotatable bonds is 3. The first kappa shape index (κ1) is 14.2. The van der Waals surface area contributed by atoms with E-state index >= 15 is 0 Å². The number of benzene rings is 1. The molecule has 3 aromatic rings. The summed E-state index contributed by atoms with van der Waals surface area (Å²) in [6.45, 7) is 3.63. The maximum atomic E-state index is 12.2. The van der Waals surface area contributed by atoms with Crippen molar-refractivity contribution in [2.45, 2.75) is 18.9 Å². The molecule has 0 aliphatic heterocycles. The van der Waals surface area contributed by atoms with Crippen LogP contribution in [0.3, 0.4) is 0 Å². The molecule has 0 atom stereocenters. The lowest BCUT2D eigenvalue weighted by Gasteiger charge is -2.05. The summed E-state index contributed by atoms with van der Waals surface area (Å²) >= 11 is 1.48. The number of thiazole rings is 1. The highest BCUT2D eigenvalue weighted by atomic mass is 32.2. The molecule has 3 rings (SSSR count). The van der Waals surface area contributed by atoms with Gasteiger partial charge in [0.1, 0.15) is 5.01 Å². The van der Waals surface area contributed by atoms with Gasteiger partial charge in [0, 0.05) is 11.8 Å². The highest BCUT2D eigenvalue weighted by Crippen LogP contribution is 2.33. The molecule has 6 heteroatoms. The molecule has 0 bridgehead atoms. The molecule has 0 spiro atoms. The molecule has 0 N–H and O–H groups in total. The van der Waals surface area contributed by atoms with Crippen molar-refractivity contribution in [3.63, 3.8) is 0 Å². The number of sulfone groups is 1. The Morgan fingerprint density at radius 3 is 2.81 bits per heavy atom. The van der Waals surface area contributed by atoms with Crippen molar-refractivity contribution in [3.8, 4) is 10.6 Å². The molecule has 2 aromatic heterocycles. The lowest BCUT2D eigenvalue weighted by Crippen LogP contribution is -2.07. The highest BCUT2D eigenvalue weighted by molar-refractivity contribution is 7.91. The Labute approximate surface area is 127 Å². The van der Waals surface area contributed by atoms with E-state index in [-0.39, 0.29) is 10.8 Å². The van der Waals surface area contributed by atoms with Gasteiger partial charge in [-0.15, -0.1) is 11.3 Å². The average molecular weight is 318 g/mol. The van der Waals surface area contributed by atoms with Crippen LogP contribution in [0.4, 0.5) is 0 Å². The SMILES string of the molecule is CCS(=O)(=O)c1ncccc1-c1nc2cc(C)ccc2s1. The Bertz CT molecular complexity index is 914. The van der Waals surface area contributed by atoms with Crippen LogP contribution in [-0.2, 0) is 9.84 Å². The normalized spacial score (nSPS) is 11.9. The quantitative estimate of drug-likeness (QED) is 0.742. The van der Waals surface area contributed by atoms with Crippen LogP contribution in [0.15, 0.2) is 41.6 Å². The zero-order chi connectivity index (χ0) is 15.0. The van der Waals surface area contributed by atoms with Gasteiger partial charge in [-0.25, -0.2) is 18.4 Å². The maximum Gasteiger partial charge on any atom is 0.196 e. The summed E-state index contributed by atoms with van der Waals surface area (Å²) in [7, 11) is -3.37. The average Bonchev–Trinajstić information content (AvgIpc) is 2.90. The van der Waals surface area contributed by atoms with Crippen molar-refractivity contribution in [2.75, 3.05) is 5.75 Å². The highest BCUT2D eigenvalue weighted by Gasteiger charge is 2.21. The van der Waals surface area contributed by atoms with E-state index in [1.54, 1.807) is 19.1 Å². The molecular formula is C15H14N2O2S2. The second-order valence-electron chi connectivity index (χ2n) is 4.75. The zero-order valence-corrected chi connectivity index (χ0v) is 13.3. The van der Waals surface area contributed by atoms with Gasteiger partial charge in [-0.1, -0.05) is 13.0 Å². The fraction of sp³-hybridized carbons (Fsp3) is 0.200. The van der Waals surface area contributed by atoms with Gasteiger partial charge < -0.3 is 0 Å². The summed E-state index contributed by atoms with van der Waals surface area (Å²) in [4.78, 5) is 8.63. The molecular weight excluding hydrogens is 304 g/mol. The number of hydrogen-bond donors (Lipinski definition) is 0. The number of aromatic nitrogens is 2. The van der Waals surface area contributed by atoms with Crippen LogP contribution in [0.25, 0.3) is 20.8 Å². The molecule has 4 nitrogen and oxygen atoms in total. The minimum atomic E-state index is -3.37. The molecule has 1 aromatic carbocycles. The van der Waals surface area contributed by atoms with Crippen LogP contribution >= 0.6 is 11.3 Å². The van der Waals surface area contributed by atoms with E-state index in [2.05, 4.69) is 9.97 Å². The molecule has 0 amide bonds. The summed E-state index contributed by atoms with van der Waals surface area (Å²) in [5.74, 6) is 0.0288. The van der Waals surface area contributed by atoms with E-state index < -0.39 is 9.84 Å². The van der Waals surface area contributed by atoms with Gasteiger partial charge in [0.05, 0.1) is 16.0 Å². The summed E-state index contributed by atoms with van der Waals surface area (Å²) in [5, 5.41) is 0.805. The van der Waals surface area contributed by atoms with E-state index in [1.807, 2.05) is 25.1 Å². The number of pyridine rings is 1. The maximum absolute atomic E-state index is 12.2. The van der Waals surface area contributed by atoms with E-state index in [0.717, 1.165) is 15.8 Å². The van der Waals surface area contributed by atoms with Crippen LogP contribution in [-0.4, -0.2) is 24.1 Å². The molecule has 21 heavy (non-hydrogen) atoms. The summed E-state index contributed by atoms with van der Waals surface area (Å²) in [6, 6.07) is 9.54. The van der Waals surface area contributed by atoms with Crippen molar-refractivity contribution >= 4 is 31.4 Å². The summed E-state index contributed by atoms with van der Waals surface area (Å²) < 4.78 is 25.4. The molecule has 0 saturated heterocycles. The molecule has 0 saturated carbocycles. The van der Waals surface area contributed by atoms with Gasteiger partial charge in [-0.2, -0.15) is 0 Å². The second kappa shape index (κ2) is 5.20. The summed E-state index contributed by atoms with van der Waals surface area (Å²) in [5.41, 5.74) is 2.60. The van der Waals surface area contributed by atoms with Crippen molar-refractivity contribution in [2.24, 2.45) is 0 Å². The minimum absolute atomic E-state index is 0.0288. The number of hydrogen-bond acceptors (Lipinski definition) is 5. The lowest BCUT2D eigenvalue weighted by atomic mass is 10.2. The summed E-state index contributed by atoms with van der Waals surface area (Å²) in [6.07, 6.45) is 1.50. The van der Waals surface area contributed by atoms with Crippen LogP contribution in [0.5, 0.6) is 0 Å². The monoisotopic (exact) mass is 318 g/mol. The number of aryl methyl sites for hydroxylation is 1. The molecule has 0 unspecified atom stereocenters. The molecule has 0 aliphatic carbocycles. The van der Waals surface area contributed by atoms with Gasteiger partial charge >= 0.3 is 0 Å². The smallest absolute Gasteiger partial charge is 0.196 e. The Balaban J connectivity index is 2.24. The minimum Gasteiger partial charge on any atom is -0.244 e. The van der Waals surface area contributed by atoms with Crippen LogP contribution < -0.4 is 0 Å². The second-order valence-corrected chi connectivity index (χ2v) is 7.97. The van der Waals surface area contributed by atoms with Gasteiger partial charge in [-0.3, -0.25) is 0 Å². The van der Waals surface area contributed by atoms with Gasteiger partial charge in [-0.05, 0) is 36.8 Å². The van der Waals surface area contributed by atoms with Gasteiger partial charge in [0.25, 0.3) is 0 Å². The fourth-order valence-electron chi connectivity index (χ4n) is 2.09. The fourth-order valence-corrected chi connectivity index (χ4v) is 4.12. The molecule has 0 fully saturated rings. The topological polar surface area (TPSA) is 59.9 Å². The van der Waals surface area contributed by atoms with Crippen LogP contribution in [0, 0.1) is 6.92 Å². The van der Waals surface area contributed by atoms with Crippen LogP contribution in [0.2, 0.25) is 0 Å². The molecule has 108 valence electrons. The van der Waals surface area contributed by atoms with Crippen molar-refractivity contribution < 1.29 is 8.42 Å². The third kappa shape index (κ3) is 2.56. The standard InChI is InChI=1S/C15H14N2O2S2/c1-3-21(18,19)15-11(5-4-8-16-15)14-17-12-9-10(2)6-7-13(12)20-14/h4-9H,3H2,1-2H3. The van der Waals surface area contributed by atoms with E-state index in [9.17, 15) is 8.42 Å². The van der Waals surface area contributed by atoms with Crippen LogP contribution in [0.1, 0.15) is 12.5 Å². The Morgan fingerprint density at radius 1 is 1.24 bits per heavy atom. The Hall–Kier alpha value is -1.79. The van der Waals surface area contributed by atoms with Crippen molar-refractivity contribution in [1.29, 1.82) is 0 Å². The third-order valence-electron chi connectivity index (χ3n) is 3.22. The zero-order valence-electron chi connectivity index (χ0n) is 11.7. The van der Waals surface area contributed by atoms with Gasteiger partial charge in [0.15, 0.2) is 14.9 Å². The Kier molecular flexibility index (Phi) is 3.51. The first-order chi connectivity index (χ1) is 10.0. The van der Waals surface area contributed by atoms with Crippen molar-refractivity contribution in [3.05, 3.63) is 42.1 Å². The molecule has 0 aliphatic rings. The molecule has 0 radical (unpaired) electrons. The first-order valence-corrected chi connectivity index (χ1v) is 9.03. The predicted molar refractivity (Wildman–Crippen MR) is 85.3 cm³/mol.